The Morgan fingerprint density at radius 1 is 1.06 bits per heavy atom. The van der Waals surface area contributed by atoms with E-state index in [2.05, 4.69) is 28.9 Å². The van der Waals surface area contributed by atoms with Gasteiger partial charge in [-0.1, -0.05) is 43.3 Å². The first-order chi connectivity index (χ1) is 16.0. The molecule has 0 saturated heterocycles. The lowest BCUT2D eigenvalue weighted by atomic mass is 9.97. The monoisotopic (exact) mass is 437 g/mol. The summed E-state index contributed by atoms with van der Waals surface area (Å²) in [5, 5.41) is 6.97. The Bertz CT molecular complexity index is 1710. The summed E-state index contributed by atoms with van der Waals surface area (Å²) in [5.74, 6) is -0.612. The molecule has 2 aliphatic rings. The molecule has 2 aliphatic heterocycles. The molecular formula is C26H23N5O2. The van der Waals surface area contributed by atoms with Crippen LogP contribution in [0.2, 0.25) is 0 Å². The zero-order valence-corrected chi connectivity index (χ0v) is 18.2. The van der Waals surface area contributed by atoms with Crippen molar-refractivity contribution in [3.05, 3.63) is 59.7 Å². The molecule has 7 nitrogen and oxygen atoms in total. The Balaban J connectivity index is 1.90. The highest BCUT2D eigenvalue weighted by atomic mass is 16.2. The van der Waals surface area contributed by atoms with E-state index in [0.29, 0.717) is 13.0 Å². The smallest absolute Gasteiger partial charge is 0.258 e. The minimum Gasteiger partial charge on any atom is -0.366 e. The number of aromatic nitrogens is 2. The second-order valence-electron chi connectivity index (χ2n) is 9.28. The quantitative estimate of drug-likeness (QED) is 0.393. The van der Waals surface area contributed by atoms with Crippen molar-refractivity contribution in [3.8, 4) is 0 Å². The third-order valence-corrected chi connectivity index (χ3v) is 7.72. The molecule has 0 saturated carbocycles. The molecule has 7 heteroatoms. The molecule has 164 valence electrons. The summed E-state index contributed by atoms with van der Waals surface area (Å²) in [6, 6.07) is 16.1. The minimum absolute atomic E-state index is 0.0576. The van der Waals surface area contributed by atoms with Crippen LogP contribution in [-0.2, 0) is 17.0 Å². The molecule has 5 N–H and O–H groups in total. The molecule has 33 heavy (non-hydrogen) atoms. The summed E-state index contributed by atoms with van der Waals surface area (Å²) < 4.78 is 4.25. The number of amides is 2. The number of nitrogens with one attached hydrogen (secondary N) is 1. The third kappa shape index (κ3) is 2.00. The van der Waals surface area contributed by atoms with E-state index < -0.39 is 11.6 Å². The van der Waals surface area contributed by atoms with Gasteiger partial charge in [0.2, 0.25) is 0 Å². The fourth-order valence-corrected chi connectivity index (χ4v) is 6.35. The highest BCUT2D eigenvalue weighted by Gasteiger charge is 2.44. The van der Waals surface area contributed by atoms with E-state index in [1.165, 1.54) is 0 Å². The Labute approximate surface area is 188 Å². The molecule has 7 rings (SSSR count). The maximum absolute atomic E-state index is 13.2. The number of fused-ring (bicyclic) bond motifs is 9. The highest BCUT2D eigenvalue weighted by Crippen LogP contribution is 2.50. The first kappa shape index (κ1) is 18.7. The summed E-state index contributed by atoms with van der Waals surface area (Å²) in [4.78, 5) is 26.2. The lowest BCUT2D eigenvalue weighted by molar-refractivity contribution is -0.126. The van der Waals surface area contributed by atoms with E-state index in [1.54, 1.807) is 0 Å². The average Bonchev–Trinajstić information content (AvgIpc) is 3.44. The Hall–Kier alpha value is -3.84. The molecule has 3 aromatic carbocycles. The van der Waals surface area contributed by atoms with E-state index >= 15 is 0 Å². The second kappa shape index (κ2) is 5.94. The van der Waals surface area contributed by atoms with Gasteiger partial charge in [-0.15, -0.1) is 0 Å². The van der Waals surface area contributed by atoms with Gasteiger partial charge in [0.05, 0.1) is 22.1 Å². The second-order valence-corrected chi connectivity index (χ2v) is 9.28. The molecule has 2 unspecified atom stereocenters. The van der Waals surface area contributed by atoms with Crippen LogP contribution < -0.4 is 16.8 Å². The molecular weight excluding hydrogens is 414 g/mol. The molecule has 2 amide bonds. The van der Waals surface area contributed by atoms with Crippen molar-refractivity contribution in [3.63, 3.8) is 0 Å². The number of nitrogens with zero attached hydrogens (tertiary/aromatic N) is 2. The van der Waals surface area contributed by atoms with Gasteiger partial charge < -0.3 is 25.9 Å². The molecule has 2 aromatic heterocycles. The normalized spacial score (nSPS) is 21.9. The zero-order chi connectivity index (χ0) is 22.6. The summed E-state index contributed by atoms with van der Waals surface area (Å²) >= 11 is 0. The van der Waals surface area contributed by atoms with Gasteiger partial charge in [-0.05, 0) is 24.1 Å². The predicted octanol–water partition coefficient (Wildman–Crippen LogP) is 3.60. The van der Waals surface area contributed by atoms with Crippen LogP contribution in [0.15, 0.2) is 48.5 Å². The van der Waals surface area contributed by atoms with Crippen molar-refractivity contribution in [1.29, 1.82) is 0 Å². The van der Waals surface area contributed by atoms with Gasteiger partial charge in [0, 0.05) is 46.1 Å². The first-order valence-corrected chi connectivity index (χ1v) is 11.4. The van der Waals surface area contributed by atoms with Gasteiger partial charge in [0.15, 0.2) is 5.66 Å². The summed E-state index contributed by atoms with van der Waals surface area (Å²) in [7, 11) is 0. The van der Waals surface area contributed by atoms with Gasteiger partial charge in [-0.2, -0.15) is 0 Å². The van der Waals surface area contributed by atoms with Gasteiger partial charge >= 0.3 is 0 Å². The Morgan fingerprint density at radius 2 is 1.73 bits per heavy atom. The van der Waals surface area contributed by atoms with Crippen LogP contribution in [0.1, 0.15) is 41.7 Å². The van der Waals surface area contributed by atoms with Crippen molar-refractivity contribution >= 4 is 55.4 Å². The standard InChI is InChI=1S/C26H23N5O2/c1-2-13-11-26(28,25(27)33)31-18-10-6-4-8-15(18)19-16-12-29-24(32)21(16)20-14-7-3-5-9-17(14)30(13)22(20)23(19)31/h3-10,13H,2,11-12,28H2,1H3,(H2,27,33)(H,29,32). The van der Waals surface area contributed by atoms with E-state index in [1.807, 2.05) is 41.0 Å². The molecule has 5 aromatic rings. The van der Waals surface area contributed by atoms with Crippen LogP contribution in [0.5, 0.6) is 0 Å². The molecule has 0 spiro atoms. The Morgan fingerprint density at radius 3 is 2.42 bits per heavy atom. The molecule has 4 heterocycles. The topological polar surface area (TPSA) is 108 Å². The van der Waals surface area contributed by atoms with Gasteiger partial charge in [0.25, 0.3) is 11.8 Å². The zero-order valence-electron chi connectivity index (χ0n) is 18.2. The van der Waals surface area contributed by atoms with Crippen molar-refractivity contribution in [2.75, 3.05) is 0 Å². The van der Waals surface area contributed by atoms with Crippen LogP contribution in [0.3, 0.4) is 0 Å². The largest absolute Gasteiger partial charge is 0.366 e. The van der Waals surface area contributed by atoms with E-state index in [9.17, 15) is 9.59 Å². The van der Waals surface area contributed by atoms with E-state index in [4.69, 9.17) is 11.5 Å². The van der Waals surface area contributed by atoms with Crippen LogP contribution >= 0.6 is 0 Å². The number of benzene rings is 3. The lowest BCUT2D eigenvalue weighted by Crippen LogP contribution is -2.54. The number of primary amides is 1. The Kier molecular flexibility index (Phi) is 3.36. The number of para-hydroxylation sites is 2. The number of nitrogens with two attached hydrogens (primary N) is 2. The lowest BCUT2D eigenvalue weighted by Gasteiger charge is -2.31. The first-order valence-electron chi connectivity index (χ1n) is 11.4. The number of hydrogen-bond acceptors (Lipinski definition) is 3. The SMILES string of the molecule is CCC1CC(N)(C(N)=O)n2c3ccccc3c3c4c(c5c6ccccc6n1c5c32)C(=O)NC4. The van der Waals surface area contributed by atoms with Crippen molar-refractivity contribution < 1.29 is 9.59 Å². The molecule has 0 radical (unpaired) electrons. The molecule has 0 fully saturated rings. The van der Waals surface area contributed by atoms with Crippen LogP contribution in [0.25, 0.3) is 43.6 Å². The van der Waals surface area contributed by atoms with Crippen molar-refractivity contribution in [1.82, 2.24) is 14.5 Å². The van der Waals surface area contributed by atoms with Crippen molar-refractivity contribution in [2.24, 2.45) is 11.5 Å². The summed E-state index contributed by atoms with van der Waals surface area (Å²) in [6.07, 6.45) is 1.14. The molecule has 0 bridgehead atoms. The fourth-order valence-electron chi connectivity index (χ4n) is 6.35. The van der Waals surface area contributed by atoms with E-state index in [-0.39, 0.29) is 11.9 Å². The highest BCUT2D eigenvalue weighted by molar-refractivity contribution is 6.31. The van der Waals surface area contributed by atoms with Crippen LogP contribution in [0.4, 0.5) is 0 Å². The number of carbonyl (C=O) groups is 2. The van der Waals surface area contributed by atoms with Crippen LogP contribution in [-0.4, -0.2) is 20.9 Å². The fraction of sp³-hybridized carbons (Fsp3) is 0.231. The minimum atomic E-state index is -1.40. The number of carbonyl (C=O) groups excluding carboxylic acids is 2. The number of hydrogen-bond donors (Lipinski definition) is 3. The average molecular weight is 438 g/mol. The van der Waals surface area contributed by atoms with Gasteiger partial charge in [-0.3, -0.25) is 9.59 Å². The maximum atomic E-state index is 13.2. The maximum Gasteiger partial charge on any atom is 0.258 e. The number of rotatable bonds is 2. The summed E-state index contributed by atoms with van der Waals surface area (Å²) in [5.41, 5.74) is 17.0. The molecule has 0 aliphatic carbocycles. The molecule has 2 atom stereocenters. The van der Waals surface area contributed by atoms with Gasteiger partial charge in [-0.25, -0.2) is 0 Å². The summed E-state index contributed by atoms with van der Waals surface area (Å²) in [6.45, 7) is 2.54. The van der Waals surface area contributed by atoms with Crippen LogP contribution in [0, 0.1) is 0 Å². The van der Waals surface area contributed by atoms with E-state index in [0.717, 1.165) is 61.2 Å². The predicted molar refractivity (Wildman–Crippen MR) is 129 cm³/mol. The van der Waals surface area contributed by atoms with Gasteiger partial charge in [0.1, 0.15) is 0 Å². The van der Waals surface area contributed by atoms with Crippen molar-refractivity contribution in [2.45, 2.75) is 38.0 Å². The third-order valence-electron chi connectivity index (χ3n) is 7.72.